The molecule has 0 saturated carbocycles. The molecule has 1 aromatic rings. The molecule has 0 aliphatic heterocycles. The number of aryl methyl sites for hydroxylation is 1. The van der Waals surface area contributed by atoms with Crippen LogP contribution in [0, 0.1) is 5.82 Å². The maximum Gasteiger partial charge on any atom is 0.216 e. The summed E-state index contributed by atoms with van der Waals surface area (Å²) in [6, 6.07) is 5.11. The summed E-state index contributed by atoms with van der Waals surface area (Å²) in [5, 5.41) is 8.98. The van der Waals surface area contributed by atoms with E-state index in [4.69, 9.17) is 0 Å². The second-order valence-corrected chi connectivity index (χ2v) is 5.93. The first-order chi connectivity index (χ1) is 11.0. The van der Waals surface area contributed by atoms with Crippen molar-refractivity contribution in [1.29, 1.82) is 0 Å². The van der Waals surface area contributed by atoms with Crippen molar-refractivity contribution in [1.82, 2.24) is 16.0 Å². The Morgan fingerprint density at radius 2 is 2.00 bits per heavy atom. The zero-order chi connectivity index (χ0) is 17.1. The van der Waals surface area contributed by atoms with Crippen LogP contribution in [0.15, 0.2) is 27.7 Å². The number of nitrogens with zero attached hydrogens (tertiary/aromatic N) is 1. The van der Waals surface area contributed by atoms with E-state index in [0.717, 1.165) is 17.4 Å². The predicted octanol–water partition coefficient (Wildman–Crippen LogP) is 2.21. The molecule has 0 fully saturated rings. The number of hydrogen-bond donors (Lipinski definition) is 3. The minimum atomic E-state index is -0.191. The maximum absolute atomic E-state index is 13.7. The first kappa shape index (κ1) is 19.4. The summed E-state index contributed by atoms with van der Waals surface area (Å²) in [7, 11) is 0. The van der Waals surface area contributed by atoms with Crippen LogP contribution >= 0.6 is 15.9 Å². The van der Waals surface area contributed by atoms with Crippen molar-refractivity contribution in [2.24, 2.45) is 4.99 Å². The van der Waals surface area contributed by atoms with Crippen molar-refractivity contribution in [3.8, 4) is 0 Å². The van der Waals surface area contributed by atoms with Crippen LogP contribution in [0.4, 0.5) is 4.39 Å². The fourth-order valence-electron chi connectivity index (χ4n) is 1.95. The van der Waals surface area contributed by atoms with Crippen LogP contribution in [-0.2, 0) is 11.2 Å². The molecule has 0 bridgehead atoms. The lowest BCUT2D eigenvalue weighted by atomic mass is 10.1. The molecular formula is C16H24BrFN4O. The molecule has 0 atom stereocenters. The van der Waals surface area contributed by atoms with E-state index in [1.165, 1.54) is 13.0 Å². The van der Waals surface area contributed by atoms with E-state index in [1.807, 2.05) is 13.0 Å². The van der Waals surface area contributed by atoms with Gasteiger partial charge < -0.3 is 16.0 Å². The van der Waals surface area contributed by atoms with Gasteiger partial charge in [0.25, 0.3) is 0 Å². The van der Waals surface area contributed by atoms with Crippen LogP contribution in [0.1, 0.15) is 25.8 Å². The molecule has 0 saturated heterocycles. The molecular weight excluding hydrogens is 363 g/mol. The number of carbonyl (C=O) groups is 1. The summed E-state index contributed by atoms with van der Waals surface area (Å²) in [4.78, 5) is 15.2. The highest BCUT2D eigenvalue weighted by Gasteiger charge is 2.02. The number of nitrogens with one attached hydrogen (secondary N) is 3. The maximum atomic E-state index is 13.7. The number of amides is 1. The van der Waals surface area contributed by atoms with Crippen molar-refractivity contribution in [2.45, 2.75) is 26.7 Å². The van der Waals surface area contributed by atoms with Gasteiger partial charge in [0.05, 0.1) is 0 Å². The molecule has 128 valence electrons. The third-order valence-electron chi connectivity index (χ3n) is 3.02. The summed E-state index contributed by atoms with van der Waals surface area (Å²) in [6.45, 7) is 5.98. The first-order valence-electron chi connectivity index (χ1n) is 7.73. The monoisotopic (exact) mass is 386 g/mol. The lowest BCUT2D eigenvalue weighted by Gasteiger charge is -2.11. The minimum absolute atomic E-state index is 0.0507. The van der Waals surface area contributed by atoms with Crippen LogP contribution in [0.3, 0.4) is 0 Å². The number of hydrogen-bond acceptors (Lipinski definition) is 2. The summed E-state index contributed by atoms with van der Waals surface area (Å²) in [6.07, 6.45) is 1.41. The molecule has 5 nitrogen and oxygen atoms in total. The van der Waals surface area contributed by atoms with Crippen LogP contribution < -0.4 is 16.0 Å². The zero-order valence-corrected chi connectivity index (χ0v) is 15.2. The van der Waals surface area contributed by atoms with Gasteiger partial charge in [0.1, 0.15) is 5.82 Å². The topological polar surface area (TPSA) is 65.5 Å². The predicted molar refractivity (Wildman–Crippen MR) is 95.1 cm³/mol. The Balaban J connectivity index is 2.36. The number of halogens is 2. The number of aliphatic imine (C=N–C) groups is 1. The van der Waals surface area contributed by atoms with Gasteiger partial charge >= 0.3 is 0 Å². The Hall–Kier alpha value is -1.63. The van der Waals surface area contributed by atoms with E-state index in [9.17, 15) is 9.18 Å². The number of benzene rings is 1. The average Bonchev–Trinajstić information content (AvgIpc) is 2.49. The van der Waals surface area contributed by atoms with Crippen LogP contribution in [-0.4, -0.2) is 38.0 Å². The van der Waals surface area contributed by atoms with Crippen molar-refractivity contribution >= 4 is 27.8 Å². The van der Waals surface area contributed by atoms with Crippen molar-refractivity contribution in [3.05, 3.63) is 34.1 Å². The number of guanidine groups is 1. The van der Waals surface area contributed by atoms with Crippen molar-refractivity contribution in [3.63, 3.8) is 0 Å². The van der Waals surface area contributed by atoms with Gasteiger partial charge in [0.2, 0.25) is 5.91 Å². The fraction of sp³-hybridized carbons (Fsp3) is 0.500. The molecule has 0 aliphatic carbocycles. The molecule has 23 heavy (non-hydrogen) atoms. The zero-order valence-electron chi connectivity index (χ0n) is 13.6. The molecule has 7 heteroatoms. The minimum Gasteiger partial charge on any atom is -0.357 e. The molecule has 0 radical (unpaired) electrons. The van der Waals surface area contributed by atoms with Crippen LogP contribution in [0.2, 0.25) is 0 Å². The molecule has 0 heterocycles. The van der Waals surface area contributed by atoms with Gasteiger partial charge in [-0.15, -0.1) is 0 Å². The summed E-state index contributed by atoms with van der Waals surface area (Å²) in [5.74, 6) is 0.461. The molecule has 0 unspecified atom stereocenters. The molecule has 0 aliphatic rings. The molecule has 0 spiro atoms. The summed E-state index contributed by atoms with van der Waals surface area (Å²) >= 11 is 3.25. The standard InChI is InChI=1S/C16H24BrFN4O/c1-3-19-16(22-10-9-20-12(2)23)21-8-4-5-13-6-7-14(17)11-15(13)18/h6-7,11H,3-5,8-10H2,1-2H3,(H,20,23)(H2,19,21,22). The summed E-state index contributed by atoms with van der Waals surface area (Å²) in [5.41, 5.74) is 0.701. The van der Waals surface area contributed by atoms with E-state index < -0.39 is 0 Å². The highest BCUT2D eigenvalue weighted by molar-refractivity contribution is 9.10. The van der Waals surface area contributed by atoms with Gasteiger partial charge in [-0.05, 0) is 37.5 Å². The molecule has 3 N–H and O–H groups in total. The highest BCUT2D eigenvalue weighted by Crippen LogP contribution is 2.16. The molecule has 1 aromatic carbocycles. The van der Waals surface area contributed by atoms with E-state index in [0.29, 0.717) is 37.6 Å². The lowest BCUT2D eigenvalue weighted by Crippen LogP contribution is -2.41. The SMILES string of the molecule is CCNC(=NCCCc1ccc(Br)cc1F)NCCNC(C)=O. The van der Waals surface area contributed by atoms with E-state index in [-0.39, 0.29) is 11.7 Å². The fourth-order valence-corrected chi connectivity index (χ4v) is 2.28. The highest BCUT2D eigenvalue weighted by atomic mass is 79.9. The Bertz CT molecular complexity index is 537. The Labute approximate surface area is 145 Å². The first-order valence-corrected chi connectivity index (χ1v) is 8.52. The number of rotatable bonds is 8. The van der Waals surface area contributed by atoms with E-state index in [1.54, 1.807) is 6.07 Å². The van der Waals surface area contributed by atoms with Gasteiger partial charge in [-0.2, -0.15) is 0 Å². The van der Waals surface area contributed by atoms with Gasteiger partial charge in [-0.3, -0.25) is 9.79 Å². The largest absolute Gasteiger partial charge is 0.357 e. The van der Waals surface area contributed by atoms with E-state index in [2.05, 4.69) is 36.9 Å². The average molecular weight is 387 g/mol. The van der Waals surface area contributed by atoms with Gasteiger partial charge in [0.15, 0.2) is 5.96 Å². The van der Waals surface area contributed by atoms with Gasteiger partial charge in [0, 0.05) is 37.6 Å². The third-order valence-corrected chi connectivity index (χ3v) is 3.52. The Morgan fingerprint density at radius 3 is 2.65 bits per heavy atom. The molecule has 1 rings (SSSR count). The van der Waals surface area contributed by atoms with Crippen LogP contribution in [0.5, 0.6) is 0 Å². The normalized spacial score (nSPS) is 11.2. The quantitative estimate of drug-likeness (QED) is 0.364. The second-order valence-electron chi connectivity index (χ2n) is 5.01. The van der Waals surface area contributed by atoms with Gasteiger partial charge in [-0.1, -0.05) is 22.0 Å². The van der Waals surface area contributed by atoms with Crippen molar-refractivity contribution < 1.29 is 9.18 Å². The van der Waals surface area contributed by atoms with E-state index >= 15 is 0 Å². The van der Waals surface area contributed by atoms with Crippen molar-refractivity contribution in [2.75, 3.05) is 26.2 Å². The third kappa shape index (κ3) is 8.54. The Morgan fingerprint density at radius 1 is 1.26 bits per heavy atom. The van der Waals surface area contributed by atoms with Gasteiger partial charge in [-0.25, -0.2) is 4.39 Å². The molecule has 0 aromatic heterocycles. The Kier molecular flexibility index (Phi) is 9.28. The summed E-state index contributed by atoms with van der Waals surface area (Å²) < 4.78 is 14.4. The second kappa shape index (κ2) is 11.0. The molecule has 1 amide bonds. The smallest absolute Gasteiger partial charge is 0.216 e. The number of carbonyl (C=O) groups excluding carboxylic acids is 1. The van der Waals surface area contributed by atoms with Crippen LogP contribution in [0.25, 0.3) is 0 Å². The lowest BCUT2D eigenvalue weighted by molar-refractivity contribution is -0.118.